The molecule has 0 aromatic heterocycles. The number of nitrogens with one attached hydrogen (secondary N) is 1. The molecule has 0 saturated carbocycles. The molecule has 1 saturated heterocycles. The molecule has 6 nitrogen and oxygen atoms in total. The molecule has 1 amide bonds. The fourth-order valence-corrected chi connectivity index (χ4v) is 3.33. The quantitative estimate of drug-likeness (QED) is 0.681. The van der Waals surface area contributed by atoms with E-state index in [4.69, 9.17) is 4.74 Å². The molecule has 1 fully saturated rings. The number of benzene rings is 2. The molecule has 3 rings (SSSR count). The normalized spacial score (nSPS) is 19.5. The highest BCUT2D eigenvalue weighted by molar-refractivity contribution is 5.92. The van der Waals surface area contributed by atoms with E-state index in [-0.39, 0.29) is 37.2 Å². The van der Waals surface area contributed by atoms with Crippen molar-refractivity contribution in [3.8, 4) is 11.5 Å². The summed E-state index contributed by atoms with van der Waals surface area (Å²) in [4.78, 5) is 14.1. The van der Waals surface area contributed by atoms with Gasteiger partial charge in [-0.1, -0.05) is 0 Å². The van der Waals surface area contributed by atoms with Crippen molar-refractivity contribution in [3.05, 3.63) is 54.3 Å². The predicted octanol–water partition coefficient (Wildman–Crippen LogP) is 3.27. The number of rotatable bonds is 8. The zero-order valence-corrected chi connectivity index (χ0v) is 16.2. The molecule has 2 aromatic carbocycles. The molecule has 0 bridgehead atoms. The Balaban J connectivity index is 1.48. The third-order valence-corrected chi connectivity index (χ3v) is 4.69. The van der Waals surface area contributed by atoms with E-state index in [2.05, 4.69) is 10.1 Å². The average Bonchev–Trinajstić information content (AvgIpc) is 2.69. The first-order valence-corrected chi connectivity index (χ1v) is 9.49. The van der Waals surface area contributed by atoms with Crippen molar-refractivity contribution >= 4 is 11.6 Å². The Labute approximate surface area is 172 Å². The number of β-amino-alcohol motifs (C(OH)–C–C–N with tert-alkyl or cyclic N) is 1. The second-order valence-electron chi connectivity index (χ2n) is 7.23. The number of ether oxygens (including phenoxy) is 2. The van der Waals surface area contributed by atoms with Gasteiger partial charge in [-0.15, -0.1) is 0 Å². The summed E-state index contributed by atoms with van der Waals surface area (Å²) in [6.07, 6.45) is 1.22. The van der Waals surface area contributed by atoms with Crippen molar-refractivity contribution in [1.29, 1.82) is 0 Å². The molecule has 30 heavy (non-hydrogen) atoms. The van der Waals surface area contributed by atoms with Gasteiger partial charge in [-0.05, 0) is 67.9 Å². The Morgan fingerprint density at radius 2 is 1.80 bits per heavy atom. The SMILES string of the molecule is O=C(CN1CCCC(O)(COc2ccc(F)cc2)C1)Nc1ccc(OC(F)F)cc1. The highest BCUT2D eigenvalue weighted by atomic mass is 19.3. The van der Waals surface area contributed by atoms with Crippen molar-refractivity contribution in [2.75, 3.05) is 31.6 Å². The number of anilines is 1. The fraction of sp³-hybridized carbons (Fsp3) is 0.381. The van der Waals surface area contributed by atoms with Crippen molar-refractivity contribution in [1.82, 2.24) is 4.90 Å². The number of nitrogens with zero attached hydrogens (tertiary/aromatic N) is 1. The van der Waals surface area contributed by atoms with Crippen LogP contribution in [0, 0.1) is 5.82 Å². The van der Waals surface area contributed by atoms with Gasteiger partial charge in [0, 0.05) is 12.2 Å². The summed E-state index contributed by atoms with van der Waals surface area (Å²) < 4.78 is 47.2. The summed E-state index contributed by atoms with van der Waals surface area (Å²) >= 11 is 0. The maximum atomic E-state index is 13.0. The topological polar surface area (TPSA) is 71.0 Å². The number of hydrogen-bond donors (Lipinski definition) is 2. The van der Waals surface area contributed by atoms with Gasteiger partial charge in [-0.25, -0.2) is 4.39 Å². The molecule has 1 aliphatic rings. The van der Waals surface area contributed by atoms with Crippen LogP contribution < -0.4 is 14.8 Å². The van der Waals surface area contributed by atoms with Gasteiger partial charge in [-0.3, -0.25) is 9.69 Å². The molecule has 2 aromatic rings. The summed E-state index contributed by atoms with van der Waals surface area (Å²) in [6, 6.07) is 11.2. The Kier molecular flexibility index (Phi) is 7.17. The van der Waals surface area contributed by atoms with Crippen LogP contribution in [-0.4, -0.2) is 54.4 Å². The molecule has 1 unspecified atom stereocenters. The predicted molar refractivity (Wildman–Crippen MR) is 104 cm³/mol. The van der Waals surface area contributed by atoms with Crippen molar-refractivity contribution in [2.45, 2.75) is 25.1 Å². The third-order valence-electron chi connectivity index (χ3n) is 4.69. The number of aliphatic hydroxyl groups is 1. The van der Waals surface area contributed by atoms with Gasteiger partial charge in [0.2, 0.25) is 5.91 Å². The second kappa shape index (κ2) is 9.82. The van der Waals surface area contributed by atoms with Crippen LogP contribution in [0.5, 0.6) is 11.5 Å². The Morgan fingerprint density at radius 1 is 1.13 bits per heavy atom. The van der Waals surface area contributed by atoms with Crippen LogP contribution in [0.3, 0.4) is 0 Å². The molecule has 2 N–H and O–H groups in total. The first kappa shape index (κ1) is 21.9. The number of alkyl halides is 2. The first-order chi connectivity index (χ1) is 14.3. The average molecular weight is 424 g/mol. The van der Waals surface area contributed by atoms with Crippen molar-refractivity contribution in [2.24, 2.45) is 0 Å². The summed E-state index contributed by atoms with van der Waals surface area (Å²) in [6.45, 7) is -1.91. The van der Waals surface area contributed by atoms with E-state index in [0.29, 0.717) is 30.8 Å². The first-order valence-electron chi connectivity index (χ1n) is 9.49. The lowest BCUT2D eigenvalue weighted by atomic mass is 9.93. The summed E-state index contributed by atoms with van der Waals surface area (Å²) in [7, 11) is 0. The van der Waals surface area contributed by atoms with Gasteiger partial charge < -0.3 is 19.9 Å². The van der Waals surface area contributed by atoms with Crippen LogP contribution in [0.2, 0.25) is 0 Å². The molecular formula is C21H23F3N2O4. The molecule has 1 heterocycles. The molecule has 1 aliphatic heterocycles. The van der Waals surface area contributed by atoms with E-state index in [1.807, 2.05) is 4.90 Å². The minimum Gasteiger partial charge on any atom is -0.491 e. The second-order valence-corrected chi connectivity index (χ2v) is 7.23. The van der Waals surface area contributed by atoms with E-state index in [1.165, 1.54) is 48.5 Å². The van der Waals surface area contributed by atoms with Crippen LogP contribution >= 0.6 is 0 Å². The molecule has 0 spiro atoms. The number of amides is 1. The Hall–Kier alpha value is -2.78. The van der Waals surface area contributed by atoms with E-state index in [9.17, 15) is 23.1 Å². The number of carbonyl (C=O) groups is 1. The number of carbonyl (C=O) groups excluding carboxylic acids is 1. The Morgan fingerprint density at radius 3 is 2.47 bits per heavy atom. The highest BCUT2D eigenvalue weighted by Gasteiger charge is 2.34. The van der Waals surface area contributed by atoms with Crippen LogP contribution in [-0.2, 0) is 4.79 Å². The number of hydrogen-bond acceptors (Lipinski definition) is 5. The zero-order chi connectivity index (χ0) is 21.6. The lowest BCUT2D eigenvalue weighted by Crippen LogP contribution is -2.53. The van der Waals surface area contributed by atoms with Crippen LogP contribution in [0.1, 0.15) is 12.8 Å². The van der Waals surface area contributed by atoms with Crippen molar-refractivity contribution in [3.63, 3.8) is 0 Å². The number of halogens is 3. The maximum absolute atomic E-state index is 13.0. The summed E-state index contributed by atoms with van der Waals surface area (Å²) in [5, 5.41) is 13.5. The number of piperidine rings is 1. The minimum atomic E-state index is -2.91. The lowest BCUT2D eigenvalue weighted by molar-refractivity contribution is -0.119. The molecule has 162 valence electrons. The standard InChI is InChI=1S/C21H23F3N2O4/c22-15-2-6-17(7-3-15)29-14-21(28)10-1-11-26(13-21)12-19(27)25-16-4-8-18(9-5-16)30-20(23)24/h2-9,20,28H,1,10-14H2,(H,25,27). The van der Waals surface area contributed by atoms with Gasteiger partial charge in [-0.2, -0.15) is 8.78 Å². The van der Waals surface area contributed by atoms with Gasteiger partial charge in [0.15, 0.2) is 0 Å². The fourth-order valence-electron chi connectivity index (χ4n) is 3.33. The lowest BCUT2D eigenvalue weighted by Gasteiger charge is -2.38. The van der Waals surface area contributed by atoms with E-state index >= 15 is 0 Å². The molecule has 9 heteroatoms. The van der Waals surface area contributed by atoms with Crippen molar-refractivity contribution < 1.29 is 32.5 Å². The van der Waals surface area contributed by atoms with Crippen LogP contribution in [0.25, 0.3) is 0 Å². The van der Waals surface area contributed by atoms with Gasteiger partial charge >= 0.3 is 6.61 Å². The minimum absolute atomic E-state index is 0.00486. The van der Waals surface area contributed by atoms with Gasteiger partial charge in [0.05, 0.1) is 6.54 Å². The summed E-state index contributed by atoms with van der Waals surface area (Å²) in [5.74, 6) is -0.197. The highest BCUT2D eigenvalue weighted by Crippen LogP contribution is 2.23. The van der Waals surface area contributed by atoms with Gasteiger partial charge in [0.1, 0.15) is 29.5 Å². The zero-order valence-electron chi connectivity index (χ0n) is 16.2. The number of likely N-dealkylation sites (tertiary alicyclic amines) is 1. The molecule has 0 aliphatic carbocycles. The summed E-state index contributed by atoms with van der Waals surface area (Å²) in [5.41, 5.74) is -0.671. The monoisotopic (exact) mass is 424 g/mol. The largest absolute Gasteiger partial charge is 0.491 e. The molecular weight excluding hydrogens is 401 g/mol. The third kappa shape index (κ3) is 6.64. The molecule has 1 atom stereocenters. The van der Waals surface area contributed by atoms with E-state index in [0.717, 1.165) is 0 Å². The van der Waals surface area contributed by atoms with Gasteiger partial charge in [0.25, 0.3) is 0 Å². The van der Waals surface area contributed by atoms with Crippen LogP contribution in [0.15, 0.2) is 48.5 Å². The van der Waals surface area contributed by atoms with E-state index < -0.39 is 12.2 Å². The maximum Gasteiger partial charge on any atom is 0.387 e. The Bertz CT molecular complexity index is 833. The van der Waals surface area contributed by atoms with Crippen LogP contribution in [0.4, 0.5) is 18.9 Å². The smallest absolute Gasteiger partial charge is 0.387 e. The van der Waals surface area contributed by atoms with E-state index in [1.54, 1.807) is 0 Å². The molecule has 0 radical (unpaired) electrons.